The lowest BCUT2D eigenvalue weighted by Gasteiger charge is -2.36. The van der Waals surface area contributed by atoms with Crippen molar-refractivity contribution in [3.8, 4) is 0 Å². The van der Waals surface area contributed by atoms with Crippen LogP contribution in [-0.2, 0) is 10.3 Å². The largest absolute Gasteiger partial charge is 0.324 e. The Morgan fingerprint density at radius 2 is 1.72 bits per heavy atom. The molecule has 160 valence electrons. The first-order valence-corrected chi connectivity index (χ1v) is 11.1. The van der Waals surface area contributed by atoms with E-state index in [9.17, 15) is 14.0 Å². The first kappa shape index (κ1) is 19.4. The number of nitrogens with zero attached hydrogens (tertiary/aromatic N) is 1. The Morgan fingerprint density at radius 1 is 1.00 bits per heavy atom. The number of nitrogens with one attached hydrogen (secondary N) is 1. The number of ketones is 1. The summed E-state index contributed by atoms with van der Waals surface area (Å²) in [5.41, 5.74) is 1.60. The Labute approximate surface area is 186 Å². The molecule has 32 heavy (non-hydrogen) atoms. The van der Waals surface area contributed by atoms with E-state index in [1.54, 1.807) is 18.2 Å². The molecule has 0 radical (unpaired) electrons. The van der Waals surface area contributed by atoms with Crippen LogP contribution in [0.3, 0.4) is 0 Å². The molecule has 0 aliphatic carbocycles. The van der Waals surface area contributed by atoms with Gasteiger partial charge in [-0.1, -0.05) is 60.7 Å². The van der Waals surface area contributed by atoms with Crippen molar-refractivity contribution in [2.75, 3.05) is 11.9 Å². The molecule has 3 aromatic rings. The number of fused-ring (bicyclic) bond motifs is 4. The minimum Gasteiger partial charge on any atom is -0.324 e. The first-order chi connectivity index (χ1) is 15.6. The molecule has 3 unspecified atom stereocenters. The Kier molecular flexibility index (Phi) is 4.30. The second-order valence-electron chi connectivity index (χ2n) is 8.96. The molecule has 5 heteroatoms. The highest BCUT2D eigenvalue weighted by molar-refractivity contribution is 6.12. The number of carbonyl (C=O) groups is 2. The van der Waals surface area contributed by atoms with Gasteiger partial charge in [-0.3, -0.25) is 14.5 Å². The van der Waals surface area contributed by atoms with Crippen LogP contribution in [0.5, 0.6) is 0 Å². The lowest BCUT2D eigenvalue weighted by molar-refractivity contribution is -0.127. The summed E-state index contributed by atoms with van der Waals surface area (Å²) in [5, 5.41) is 2.98. The summed E-state index contributed by atoms with van der Waals surface area (Å²) in [6.07, 6.45) is 1.84. The minimum absolute atomic E-state index is 0.0371. The fraction of sp³-hybridized carbons (Fsp3) is 0.259. The Morgan fingerprint density at radius 3 is 2.47 bits per heavy atom. The number of anilines is 1. The molecule has 3 heterocycles. The van der Waals surface area contributed by atoms with Crippen LogP contribution < -0.4 is 5.32 Å². The summed E-state index contributed by atoms with van der Waals surface area (Å²) in [5.74, 6) is -1.50. The Bertz CT molecular complexity index is 1210. The van der Waals surface area contributed by atoms with Crippen molar-refractivity contribution in [1.82, 2.24) is 4.90 Å². The van der Waals surface area contributed by atoms with Crippen LogP contribution in [0.25, 0.3) is 0 Å². The monoisotopic (exact) mass is 426 g/mol. The Balaban J connectivity index is 1.63. The summed E-state index contributed by atoms with van der Waals surface area (Å²) in [6.45, 7) is 0.704. The van der Waals surface area contributed by atoms with Crippen molar-refractivity contribution in [2.24, 2.45) is 5.92 Å². The van der Waals surface area contributed by atoms with Crippen LogP contribution in [0.4, 0.5) is 10.1 Å². The summed E-state index contributed by atoms with van der Waals surface area (Å²) < 4.78 is 14.5. The predicted octanol–water partition coefficient (Wildman–Crippen LogP) is 4.73. The molecule has 4 nitrogen and oxygen atoms in total. The van der Waals surface area contributed by atoms with Gasteiger partial charge in [-0.05, 0) is 43.1 Å². The zero-order valence-corrected chi connectivity index (χ0v) is 17.5. The molecule has 2 saturated heterocycles. The molecule has 4 atom stereocenters. The SMILES string of the molecule is O=C(c1ccccc1)C1C(c2ccccc2)C2CCCN2[C@@]12C(=O)Nc1ccc(F)cc12. The molecule has 3 aliphatic rings. The van der Waals surface area contributed by atoms with Gasteiger partial charge in [-0.15, -0.1) is 0 Å². The van der Waals surface area contributed by atoms with E-state index in [2.05, 4.69) is 10.2 Å². The number of carbonyl (C=O) groups excluding carboxylic acids is 2. The number of benzene rings is 3. The number of hydrogen-bond donors (Lipinski definition) is 1. The van der Waals surface area contributed by atoms with Crippen molar-refractivity contribution in [2.45, 2.75) is 30.3 Å². The molecule has 3 aromatic carbocycles. The molecule has 3 aliphatic heterocycles. The average molecular weight is 426 g/mol. The third kappa shape index (κ3) is 2.51. The van der Waals surface area contributed by atoms with Crippen LogP contribution in [0.2, 0.25) is 0 Å². The summed E-state index contributed by atoms with van der Waals surface area (Å²) in [6, 6.07) is 23.6. The van der Waals surface area contributed by atoms with E-state index >= 15 is 0 Å². The minimum atomic E-state index is -1.22. The highest BCUT2D eigenvalue weighted by Gasteiger charge is 2.69. The van der Waals surface area contributed by atoms with Gasteiger partial charge in [0, 0.05) is 28.8 Å². The summed E-state index contributed by atoms with van der Waals surface area (Å²) in [4.78, 5) is 30.2. The molecular formula is C27H23FN2O2. The van der Waals surface area contributed by atoms with E-state index in [-0.39, 0.29) is 23.7 Å². The van der Waals surface area contributed by atoms with Gasteiger partial charge in [0.2, 0.25) is 5.91 Å². The normalized spacial score (nSPS) is 28.5. The number of rotatable bonds is 3. The van der Waals surface area contributed by atoms with Gasteiger partial charge < -0.3 is 5.32 Å². The van der Waals surface area contributed by atoms with E-state index in [0.29, 0.717) is 23.4 Å². The van der Waals surface area contributed by atoms with Crippen LogP contribution in [0, 0.1) is 11.7 Å². The first-order valence-electron chi connectivity index (χ1n) is 11.1. The number of Topliss-reactive ketones (excluding diaryl/α,β-unsaturated/α-hetero) is 1. The van der Waals surface area contributed by atoms with Crippen molar-refractivity contribution >= 4 is 17.4 Å². The smallest absolute Gasteiger partial charge is 0.250 e. The molecule has 1 N–H and O–H groups in total. The molecule has 1 spiro atoms. The standard InChI is InChI=1S/C27H23FN2O2/c28-19-13-14-21-20(16-19)27(26(32)29-21)24(25(31)18-10-5-2-6-11-18)23(17-8-3-1-4-9-17)22-12-7-15-30(22)27/h1-6,8-11,13-14,16,22-24H,7,12,15H2,(H,29,32)/t22?,23?,24?,27-/m1/s1. The highest BCUT2D eigenvalue weighted by atomic mass is 19.1. The van der Waals surface area contributed by atoms with E-state index < -0.39 is 17.3 Å². The van der Waals surface area contributed by atoms with Gasteiger partial charge >= 0.3 is 0 Å². The van der Waals surface area contributed by atoms with Gasteiger partial charge in [0.15, 0.2) is 5.78 Å². The van der Waals surface area contributed by atoms with Crippen LogP contribution in [0.15, 0.2) is 78.9 Å². The molecule has 1 amide bonds. The zero-order chi connectivity index (χ0) is 21.9. The van der Waals surface area contributed by atoms with Gasteiger partial charge in [0.25, 0.3) is 0 Å². The van der Waals surface area contributed by atoms with Crippen molar-refractivity contribution in [3.05, 3.63) is 101 Å². The van der Waals surface area contributed by atoms with E-state index in [1.165, 1.54) is 12.1 Å². The molecule has 0 saturated carbocycles. The summed E-state index contributed by atoms with van der Waals surface area (Å²) in [7, 11) is 0. The van der Waals surface area contributed by atoms with Gasteiger partial charge in [-0.25, -0.2) is 4.39 Å². The van der Waals surface area contributed by atoms with Crippen molar-refractivity contribution in [1.29, 1.82) is 0 Å². The average Bonchev–Trinajstić information content (AvgIpc) is 3.48. The third-order valence-corrected chi connectivity index (χ3v) is 7.49. The second kappa shape index (κ2) is 7.10. The fourth-order valence-electron chi connectivity index (χ4n) is 6.36. The number of amides is 1. The molecule has 6 rings (SSSR count). The Hall–Kier alpha value is -3.31. The summed E-state index contributed by atoms with van der Waals surface area (Å²) >= 11 is 0. The second-order valence-corrected chi connectivity index (χ2v) is 8.96. The maximum atomic E-state index is 14.5. The van der Waals surface area contributed by atoms with Gasteiger partial charge in [0.05, 0.1) is 5.92 Å². The maximum Gasteiger partial charge on any atom is 0.250 e. The molecule has 2 fully saturated rings. The molecule has 0 bridgehead atoms. The number of hydrogen-bond acceptors (Lipinski definition) is 3. The lowest BCUT2D eigenvalue weighted by Crippen LogP contribution is -2.52. The van der Waals surface area contributed by atoms with Crippen molar-refractivity contribution < 1.29 is 14.0 Å². The van der Waals surface area contributed by atoms with Crippen LogP contribution in [-0.4, -0.2) is 29.2 Å². The molecular weight excluding hydrogens is 403 g/mol. The van der Waals surface area contributed by atoms with E-state index in [4.69, 9.17) is 0 Å². The van der Waals surface area contributed by atoms with Crippen LogP contribution >= 0.6 is 0 Å². The third-order valence-electron chi connectivity index (χ3n) is 7.49. The lowest BCUT2D eigenvalue weighted by atomic mass is 9.69. The predicted molar refractivity (Wildman–Crippen MR) is 120 cm³/mol. The quantitative estimate of drug-likeness (QED) is 0.616. The zero-order valence-electron chi connectivity index (χ0n) is 17.5. The highest BCUT2D eigenvalue weighted by Crippen LogP contribution is 2.61. The van der Waals surface area contributed by atoms with Gasteiger partial charge in [-0.2, -0.15) is 0 Å². The number of halogens is 1. The fourth-order valence-corrected chi connectivity index (χ4v) is 6.36. The topological polar surface area (TPSA) is 49.4 Å². The van der Waals surface area contributed by atoms with Crippen LogP contribution in [0.1, 0.15) is 40.2 Å². The molecule has 0 aromatic heterocycles. The maximum absolute atomic E-state index is 14.5. The van der Waals surface area contributed by atoms with E-state index in [0.717, 1.165) is 18.4 Å². The van der Waals surface area contributed by atoms with Crippen molar-refractivity contribution in [3.63, 3.8) is 0 Å². The van der Waals surface area contributed by atoms with Gasteiger partial charge in [0.1, 0.15) is 11.4 Å². The van der Waals surface area contributed by atoms with E-state index in [1.807, 2.05) is 48.5 Å².